The predicted octanol–water partition coefficient (Wildman–Crippen LogP) is 2.04. The number of nitrogens with two attached hydrogens (primary N) is 1. The zero-order chi connectivity index (χ0) is 10.6. The molecule has 0 fully saturated rings. The summed E-state index contributed by atoms with van der Waals surface area (Å²) in [6.07, 6.45) is 5.03. The van der Waals surface area contributed by atoms with Crippen molar-refractivity contribution >= 4 is 6.08 Å². The van der Waals surface area contributed by atoms with E-state index in [0.29, 0.717) is 0 Å². The van der Waals surface area contributed by atoms with Crippen molar-refractivity contribution < 1.29 is 0 Å². The van der Waals surface area contributed by atoms with Crippen molar-refractivity contribution in [1.82, 2.24) is 9.78 Å². The Bertz CT molecular complexity index is 310. The van der Waals surface area contributed by atoms with E-state index in [1.807, 2.05) is 30.8 Å². The van der Waals surface area contributed by atoms with E-state index < -0.39 is 0 Å². The zero-order valence-corrected chi connectivity index (χ0v) is 9.20. The summed E-state index contributed by atoms with van der Waals surface area (Å²) >= 11 is 0. The highest BCUT2D eigenvalue weighted by Crippen LogP contribution is 2.08. The zero-order valence-electron chi connectivity index (χ0n) is 9.20. The van der Waals surface area contributed by atoms with Gasteiger partial charge in [0, 0.05) is 18.8 Å². The second-order valence-corrected chi connectivity index (χ2v) is 3.66. The molecule has 0 aliphatic heterocycles. The van der Waals surface area contributed by atoms with E-state index in [9.17, 15) is 0 Å². The first-order valence-corrected chi connectivity index (χ1v) is 5.10. The van der Waals surface area contributed by atoms with Crippen LogP contribution in [-0.4, -0.2) is 15.8 Å². The number of hydrogen-bond acceptors (Lipinski definition) is 2. The molecule has 78 valence electrons. The van der Waals surface area contributed by atoms with Crippen LogP contribution >= 0.6 is 0 Å². The molecule has 0 saturated carbocycles. The molecule has 1 heterocycles. The minimum Gasteiger partial charge on any atom is -0.324 e. The molecule has 0 bridgehead atoms. The van der Waals surface area contributed by atoms with Crippen molar-refractivity contribution in [3.8, 4) is 0 Å². The van der Waals surface area contributed by atoms with E-state index in [4.69, 9.17) is 5.73 Å². The first-order valence-electron chi connectivity index (χ1n) is 5.10. The van der Waals surface area contributed by atoms with Crippen LogP contribution < -0.4 is 5.73 Å². The quantitative estimate of drug-likeness (QED) is 0.795. The molecule has 1 rings (SSSR count). The highest BCUT2D eigenvalue weighted by molar-refractivity contribution is 5.49. The lowest BCUT2D eigenvalue weighted by Crippen LogP contribution is -2.16. The Labute approximate surface area is 85.6 Å². The van der Waals surface area contributed by atoms with Crippen molar-refractivity contribution in [3.63, 3.8) is 0 Å². The molecule has 1 aromatic rings. The molecule has 2 N–H and O–H groups in total. The van der Waals surface area contributed by atoms with Crippen LogP contribution in [0.4, 0.5) is 0 Å². The second kappa shape index (κ2) is 4.96. The molecule has 1 aromatic heterocycles. The molecule has 0 spiro atoms. The topological polar surface area (TPSA) is 43.8 Å². The van der Waals surface area contributed by atoms with Gasteiger partial charge < -0.3 is 5.73 Å². The Morgan fingerprint density at radius 3 is 3.00 bits per heavy atom. The van der Waals surface area contributed by atoms with Crippen LogP contribution in [0.2, 0.25) is 0 Å². The van der Waals surface area contributed by atoms with E-state index in [1.54, 1.807) is 0 Å². The second-order valence-electron chi connectivity index (χ2n) is 3.66. The van der Waals surface area contributed by atoms with Gasteiger partial charge in [0.1, 0.15) is 0 Å². The summed E-state index contributed by atoms with van der Waals surface area (Å²) in [4.78, 5) is 0. The third-order valence-corrected chi connectivity index (χ3v) is 2.28. The standard InChI is InChI=1S/C11H19N3/c1-4-7-14-11(5-6-13-14)8-9(2)10(3)12/h5-6,8,10H,4,7,12H2,1-3H3/b9-8-. The molecular formula is C11H19N3. The lowest BCUT2D eigenvalue weighted by atomic mass is 10.1. The molecule has 0 aliphatic carbocycles. The van der Waals surface area contributed by atoms with E-state index in [2.05, 4.69) is 18.1 Å². The lowest BCUT2D eigenvalue weighted by molar-refractivity contribution is 0.597. The van der Waals surface area contributed by atoms with Crippen LogP contribution in [0.3, 0.4) is 0 Å². The third kappa shape index (κ3) is 2.70. The van der Waals surface area contributed by atoms with Gasteiger partial charge in [0.15, 0.2) is 0 Å². The molecule has 1 unspecified atom stereocenters. The summed E-state index contributed by atoms with van der Waals surface area (Å²) in [5, 5.41) is 4.25. The number of nitrogens with zero attached hydrogens (tertiary/aromatic N) is 2. The molecule has 0 aliphatic rings. The van der Waals surface area contributed by atoms with Gasteiger partial charge in [0.05, 0.1) is 5.69 Å². The Morgan fingerprint density at radius 2 is 2.43 bits per heavy atom. The fourth-order valence-electron chi connectivity index (χ4n) is 1.23. The minimum atomic E-state index is 0.111. The maximum atomic E-state index is 5.78. The Morgan fingerprint density at radius 1 is 1.71 bits per heavy atom. The van der Waals surface area contributed by atoms with E-state index in [-0.39, 0.29) is 6.04 Å². The number of rotatable bonds is 4. The van der Waals surface area contributed by atoms with Gasteiger partial charge in [0.25, 0.3) is 0 Å². The summed E-state index contributed by atoms with van der Waals surface area (Å²) < 4.78 is 2.01. The van der Waals surface area contributed by atoms with Crippen molar-refractivity contribution in [1.29, 1.82) is 0 Å². The van der Waals surface area contributed by atoms with Crippen LogP contribution in [0.1, 0.15) is 32.9 Å². The van der Waals surface area contributed by atoms with Gasteiger partial charge in [-0.3, -0.25) is 4.68 Å². The fraction of sp³-hybridized carbons (Fsp3) is 0.545. The number of aryl methyl sites for hydroxylation is 1. The van der Waals surface area contributed by atoms with Crippen molar-refractivity contribution in [3.05, 3.63) is 23.5 Å². The highest BCUT2D eigenvalue weighted by Gasteiger charge is 2.01. The molecule has 3 nitrogen and oxygen atoms in total. The SMILES string of the molecule is CCCn1nccc1/C=C(/C)C(C)N. The molecular weight excluding hydrogens is 174 g/mol. The largest absolute Gasteiger partial charge is 0.324 e. The van der Waals surface area contributed by atoms with Crippen LogP contribution in [-0.2, 0) is 6.54 Å². The van der Waals surface area contributed by atoms with Crippen molar-refractivity contribution in [2.24, 2.45) is 5.73 Å². The fourth-order valence-corrected chi connectivity index (χ4v) is 1.23. The van der Waals surface area contributed by atoms with Crippen molar-refractivity contribution in [2.45, 2.75) is 39.8 Å². The van der Waals surface area contributed by atoms with E-state index >= 15 is 0 Å². The molecule has 1 atom stereocenters. The van der Waals surface area contributed by atoms with Gasteiger partial charge in [-0.25, -0.2) is 0 Å². The molecule has 0 radical (unpaired) electrons. The summed E-state index contributed by atoms with van der Waals surface area (Å²) in [6, 6.07) is 2.13. The smallest absolute Gasteiger partial charge is 0.0609 e. The van der Waals surface area contributed by atoms with Crippen LogP contribution in [0.25, 0.3) is 6.08 Å². The maximum absolute atomic E-state index is 5.78. The number of aromatic nitrogens is 2. The van der Waals surface area contributed by atoms with E-state index in [1.165, 1.54) is 5.57 Å². The molecule has 0 amide bonds. The van der Waals surface area contributed by atoms with Gasteiger partial charge in [-0.15, -0.1) is 0 Å². The summed E-state index contributed by atoms with van der Waals surface area (Å²) in [7, 11) is 0. The van der Waals surface area contributed by atoms with Gasteiger partial charge in [-0.1, -0.05) is 12.5 Å². The summed E-state index contributed by atoms with van der Waals surface area (Å²) in [6.45, 7) is 7.15. The van der Waals surface area contributed by atoms with Gasteiger partial charge in [0.2, 0.25) is 0 Å². The molecule has 0 aromatic carbocycles. The monoisotopic (exact) mass is 193 g/mol. The Hall–Kier alpha value is -1.09. The Balaban J connectivity index is 2.85. The average Bonchev–Trinajstić information content (AvgIpc) is 2.53. The number of hydrogen-bond donors (Lipinski definition) is 1. The van der Waals surface area contributed by atoms with Gasteiger partial charge in [-0.05, 0) is 32.4 Å². The summed E-state index contributed by atoms with van der Waals surface area (Å²) in [5.41, 5.74) is 8.10. The van der Waals surface area contributed by atoms with Crippen LogP contribution in [0.15, 0.2) is 17.8 Å². The predicted molar refractivity (Wildman–Crippen MR) is 59.8 cm³/mol. The summed E-state index contributed by atoms with van der Waals surface area (Å²) in [5.74, 6) is 0. The van der Waals surface area contributed by atoms with Gasteiger partial charge in [-0.2, -0.15) is 5.10 Å². The minimum absolute atomic E-state index is 0.111. The Kier molecular flexibility index (Phi) is 3.89. The first-order chi connectivity index (χ1) is 6.65. The maximum Gasteiger partial charge on any atom is 0.0609 e. The highest BCUT2D eigenvalue weighted by atomic mass is 15.3. The van der Waals surface area contributed by atoms with Gasteiger partial charge >= 0.3 is 0 Å². The molecule has 14 heavy (non-hydrogen) atoms. The van der Waals surface area contributed by atoms with E-state index in [0.717, 1.165) is 18.7 Å². The molecule has 0 saturated heterocycles. The average molecular weight is 193 g/mol. The lowest BCUT2D eigenvalue weighted by Gasteiger charge is -2.06. The van der Waals surface area contributed by atoms with Crippen LogP contribution in [0.5, 0.6) is 0 Å². The van der Waals surface area contributed by atoms with Crippen LogP contribution in [0, 0.1) is 0 Å². The first kappa shape index (κ1) is 11.0. The molecule has 3 heteroatoms. The normalized spacial score (nSPS) is 14.4. The van der Waals surface area contributed by atoms with Crippen molar-refractivity contribution in [2.75, 3.05) is 0 Å². The third-order valence-electron chi connectivity index (χ3n) is 2.28.